The van der Waals surface area contributed by atoms with Crippen molar-refractivity contribution in [3.63, 3.8) is 0 Å². The molecule has 0 unspecified atom stereocenters. The van der Waals surface area contributed by atoms with Gasteiger partial charge in [-0.3, -0.25) is 9.78 Å². The van der Waals surface area contributed by atoms with Crippen LogP contribution in [0.15, 0.2) is 53.1 Å². The number of carbonyl (C=O) groups excluding carboxylic acids is 1. The highest BCUT2D eigenvalue weighted by Crippen LogP contribution is 2.36. The van der Waals surface area contributed by atoms with Gasteiger partial charge in [-0.2, -0.15) is 0 Å². The van der Waals surface area contributed by atoms with E-state index >= 15 is 0 Å². The lowest BCUT2D eigenvalue weighted by Gasteiger charge is -2.33. The first-order chi connectivity index (χ1) is 14.2. The summed E-state index contributed by atoms with van der Waals surface area (Å²) in [4.78, 5) is 17.6. The van der Waals surface area contributed by atoms with Crippen LogP contribution in [0.4, 0.5) is 0 Å². The van der Waals surface area contributed by atoms with Crippen LogP contribution < -0.4 is 15.8 Å². The molecule has 0 spiro atoms. The topological polar surface area (TPSA) is 90.4 Å². The Morgan fingerprint density at radius 3 is 2.76 bits per heavy atom. The predicted molar refractivity (Wildman–Crippen MR) is 112 cm³/mol. The van der Waals surface area contributed by atoms with Crippen molar-refractivity contribution >= 4 is 16.9 Å². The van der Waals surface area contributed by atoms with E-state index in [0.717, 1.165) is 49.1 Å². The van der Waals surface area contributed by atoms with Gasteiger partial charge in [0.2, 0.25) is 0 Å². The van der Waals surface area contributed by atoms with Crippen LogP contribution in [-0.4, -0.2) is 24.5 Å². The van der Waals surface area contributed by atoms with Gasteiger partial charge in [-0.25, -0.2) is 0 Å². The third-order valence-electron chi connectivity index (χ3n) is 5.94. The lowest BCUT2D eigenvalue weighted by Crippen LogP contribution is -2.36. The highest BCUT2D eigenvalue weighted by molar-refractivity contribution is 5.96. The fourth-order valence-corrected chi connectivity index (χ4v) is 4.22. The summed E-state index contributed by atoms with van der Waals surface area (Å²) >= 11 is 0. The van der Waals surface area contributed by atoms with Crippen LogP contribution in [0.1, 0.15) is 48.0 Å². The second-order valence-corrected chi connectivity index (χ2v) is 7.74. The number of fused-ring (bicyclic) bond motifs is 1. The van der Waals surface area contributed by atoms with E-state index in [0.29, 0.717) is 23.2 Å². The number of aromatic nitrogens is 1. The molecular weight excluding hydrogens is 366 g/mol. The van der Waals surface area contributed by atoms with Crippen LogP contribution in [0.5, 0.6) is 5.75 Å². The molecule has 1 aliphatic rings. The molecule has 152 valence electrons. The lowest BCUT2D eigenvalue weighted by molar-refractivity contribution is 0.0879. The molecule has 1 atom stereocenters. The van der Waals surface area contributed by atoms with Crippen molar-refractivity contribution in [3.8, 4) is 5.75 Å². The Bertz CT molecular complexity index is 962. The first-order valence-electron chi connectivity index (χ1n) is 10.2. The van der Waals surface area contributed by atoms with Gasteiger partial charge in [0.05, 0.1) is 18.8 Å². The first kappa shape index (κ1) is 19.5. The van der Waals surface area contributed by atoms with Crippen LogP contribution in [0.2, 0.25) is 0 Å². The second-order valence-electron chi connectivity index (χ2n) is 7.74. The Kier molecular flexibility index (Phi) is 5.81. The summed E-state index contributed by atoms with van der Waals surface area (Å²) in [6.45, 7) is 0.732. The van der Waals surface area contributed by atoms with E-state index in [1.807, 2.05) is 36.4 Å². The molecule has 29 heavy (non-hydrogen) atoms. The third-order valence-corrected chi connectivity index (χ3v) is 5.94. The van der Waals surface area contributed by atoms with Crippen molar-refractivity contribution in [1.82, 2.24) is 10.3 Å². The maximum Gasteiger partial charge on any atom is 0.287 e. The number of methoxy groups -OCH3 is 1. The van der Waals surface area contributed by atoms with E-state index in [1.54, 1.807) is 19.4 Å². The van der Waals surface area contributed by atoms with E-state index < -0.39 is 0 Å². The van der Waals surface area contributed by atoms with Crippen molar-refractivity contribution < 1.29 is 13.9 Å². The standard InChI is InChI=1S/C23H27N3O3/c1-28-18-9-10-20-17(12-18)13-21(29-20)23(27)26-22(19-4-2-3-11-25-19)16-7-5-15(14-24)6-8-16/h2-4,9-13,15-16,22H,5-8,14,24H2,1H3,(H,26,27)/t15?,16?,22-/m0/s1. The number of nitrogens with two attached hydrogens (primary N) is 1. The number of nitrogens with zero attached hydrogens (tertiary/aromatic N) is 1. The number of pyridine rings is 1. The summed E-state index contributed by atoms with van der Waals surface area (Å²) in [5.41, 5.74) is 7.39. The van der Waals surface area contributed by atoms with E-state index in [-0.39, 0.29) is 11.9 Å². The minimum absolute atomic E-state index is 0.148. The SMILES string of the molecule is COc1ccc2oc(C(=O)N[C@H](c3ccccn3)C3CCC(CN)CC3)cc2c1. The molecule has 6 heteroatoms. The van der Waals surface area contributed by atoms with Crippen LogP contribution in [0, 0.1) is 11.8 Å². The Hall–Kier alpha value is -2.86. The molecule has 0 bridgehead atoms. The summed E-state index contributed by atoms with van der Waals surface area (Å²) in [6, 6.07) is 12.9. The molecule has 6 nitrogen and oxygen atoms in total. The van der Waals surface area contributed by atoms with Gasteiger partial charge in [0.25, 0.3) is 5.91 Å². The molecule has 0 radical (unpaired) electrons. The van der Waals surface area contributed by atoms with Gasteiger partial charge in [0.1, 0.15) is 11.3 Å². The number of benzene rings is 1. The van der Waals surface area contributed by atoms with Crippen molar-refractivity contribution in [2.45, 2.75) is 31.7 Å². The second kappa shape index (κ2) is 8.66. The van der Waals surface area contributed by atoms with E-state index in [2.05, 4.69) is 10.3 Å². The van der Waals surface area contributed by atoms with Crippen LogP contribution in [-0.2, 0) is 0 Å². The van der Waals surface area contributed by atoms with Crippen LogP contribution >= 0.6 is 0 Å². The summed E-state index contributed by atoms with van der Waals surface area (Å²) in [7, 11) is 1.62. The van der Waals surface area contributed by atoms with Crippen LogP contribution in [0.3, 0.4) is 0 Å². The monoisotopic (exact) mass is 393 g/mol. The molecule has 2 aromatic heterocycles. The fourth-order valence-electron chi connectivity index (χ4n) is 4.22. The summed E-state index contributed by atoms with van der Waals surface area (Å²) in [6.07, 6.45) is 6.00. The third kappa shape index (κ3) is 4.27. The van der Waals surface area contributed by atoms with Crippen molar-refractivity contribution in [2.75, 3.05) is 13.7 Å². The molecule has 1 aromatic carbocycles. The molecule has 3 N–H and O–H groups in total. The maximum atomic E-state index is 13.0. The molecular formula is C23H27N3O3. The Balaban J connectivity index is 1.56. The predicted octanol–water partition coefficient (Wildman–Crippen LogP) is 4.07. The van der Waals surface area contributed by atoms with Gasteiger partial charge >= 0.3 is 0 Å². The van der Waals surface area contributed by atoms with Gasteiger partial charge in [-0.1, -0.05) is 6.07 Å². The first-order valence-corrected chi connectivity index (χ1v) is 10.2. The number of hydrogen-bond acceptors (Lipinski definition) is 5. The number of ether oxygens (including phenoxy) is 1. The number of rotatable bonds is 6. The maximum absolute atomic E-state index is 13.0. The molecule has 0 saturated heterocycles. The molecule has 1 saturated carbocycles. The Labute approximate surface area is 170 Å². The average Bonchev–Trinajstić information content (AvgIpc) is 3.21. The van der Waals surface area contributed by atoms with Crippen LogP contribution in [0.25, 0.3) is 11.0 Å². The number of hydrogen-bond donors (Lipinski definition) is 2. The summed E-state index contributed by atoms with van der Waals surface area (Å²) in [5.74, 6) is 1.72. The van der Waals surface area contributed by atoms with E-state index in [9.17, 15) is 4.79 Å². The number of amides is 1. The van der Waals surface area contributed by atoms with Crippen molar-refractivity contribution in [2.24, 2.45) is 17.6 Å². The fraction of sp³-hybridized carbons (Fsp3) is 0.391. The number of furan rings is 1. The molecule has 1 amide bonds. The molecule has 3 aromatic rings. The van der Waals surface area contributed by atoms with Gasteiger partial charge in [0, 0.05) is 11.6 Å². The summed E-state index contributed by atoms with van der Waals surface area (Å²) < 4.78 is 11.0. The zero-order valence-electron chi connectivity index (χ0n) is 16.6. The quantitative estimate of drug-likeness (QED) is 0.659. The van der Waals surface area contributed by atoms with Crippen molar-refractivity contribution in [1.29, 1.82) is 0 Å². The summed E-state index contributed by atoms with van der Waals surface area (Å²) in [5, 5.41) is 4.02. The number of nitrogens with one attached hydrogen (secondary N) is 1. The highest BCUT2D eigenvalue weighted by Gasteiger charge is 2.31. The van der Waals surface area contributed by atoms with E-state index in [4.69, 9.17) is 14.9 Å². The molecule has 1 fully saturated rings. The largest absolute Gasteiger partial charge is 0.497 e. The molecule has 0 aliphatic heterocycles. The Morgan fingerprint density at radius 1 is 1.24 bits per heavy atom. The van der Waals surface area contributed by atoms with Gasteiger partial charge in [-0.15, -0.1) is 0 Å². The average molecular weight is 393 g/mol. The van der Waals surface area contributed by atoms with Gasteiger partial charge < -0.3 is 20.2 Å². The molecule has 1 aliphatic carbocycles. The number of carbonyl (C=O) groups is 1. The lowest BCUT2D eigenvalue weighted by atomic mass is 9.77. The van der Waals surface area contributed by atoms with Gasteiger partial charge in [-0.05, 0) is 80.5 Å². The Morgan fingerprint density at radius 2 is 2.07 bits per heavy atom. The minimum atomic E-state index is -0.225. The van der Waals surface area contributed by atoms with E-state index in [1.165, 1.54) is 0 Å². The van der Waals surface area contributed by atoms with Gasteiger partial charge in [0.15, 0.2) is 5.76 Å². The molecule has 2 heterocycles. The molecule has 4 rings (SSSR count). The highest BCUT2D eigenvalue weighted by atomic mass is 16.5. The van der Waals surface area contributed by atoms with Crippen molar-refractivity contribution in [3.05, 3.63) is 60.1 Å². The zero-order valence-corrected chi connectivity index (χ0v) is 16.6. The minimum Gasteiger partial charge on any atom is -0.497 e. The smallest absolute Gasteiger partial charge is 0.287 e. The normalized spacial score (nSPS) is 20.3. The zero-order chi connectivity index (χ0) is 20.2.